The summed E-state index contributed by atoms with van der Waals surface area (Å²) in [5.41, 5.74) is 1.52. The number of rotatable bonds is 2. The average molecular weight is 314 g/mol. The molecular weight excluding hydrogens is 300 g/mol. The van der Waals surface area contributed by atoms with Gasteiger partial charge in [-0.05, 0) is 11.4 Å². The van der Waals surface area contributed by atoms with Crippen molar-refractivity contribution in [2.45, 2.75) is 0 Å². The second-order valence-electron chi connectivity index (χ2n) is 5.05. The van der Waals surface area contributed by atoms with E-state index in [9.17, 15) is 4.79 Å². The fourth-order valence-electron chi connectivity index (χ4n) is 2.67. The van der Waals surface area contributed by atoms with Crippen LogP contribution in [0.1, 0.15) is 9.67 Å². The van der Waals surface area contributed by atoms with Crippen molar-refractivity contribution in [3.8, 4) is 0 Å². The van der Waals surface area contributed by atoms with Gasteiger partial charge in [-0.15, -0.1) is 11.3 Å². The normalized spacial score (nSPS) is 15.5. The summed E-state index contributed by atoms with van der Waals surface area (Å²) < 4.78 is 0. The Morgan fingerprint density at radius 2 is 2.05 bits per heavy atom. The van der Waals surface area contributed by atoms with Gasteiger partial charge in [0, 0.05) is 26.2 Å². The number of aromatic nitrogens is 4. The monoisotopic (exact) mass is 314 g/mol. The Kier molecular flexibility index (Phi) is 3.23. The number of fused-ring (bicyclic) bond motifs is 1. The van der Waals surface area contributed by atoms with Crippen LogP contribution < -0.4 is 4.90 Å². The molecule has 0 atom stereocenters. The number of imidazole rings is 1. The summed E-state index contributed by atoms with van der Waals surface area (Å²) in [6, 6.07) is 3.78. The minimum Gasteiger partial charge on any atom is -0.351 e. The minimum atomic E-state index is 0.115. The first-order chi connectivity index (χ1) is 10.8. The van der Waals surface area contributed by atoms with Gasteiger partial charge < -0.3 is 14.8 Å². The zero-order valence-electron chi connectivity index (χ0n) is 11.8. The van der Waals surface area contributed by atoms with Crippen molar-refractivity contribution in [3.05, 3.63) is 35.0 Å². The molecule has 0 radical (unpaired) electrons. The number of amides is 1. The summed E-state index contributed by atoms with van der Waals surface area (Å²) in [5.74, 6) is 0.967. The molecule has 1 N–H and O–H groups in total. The highest BCUT2D eigenvalue weighted by Crippen LogP contribution is 2.21. The first kappa shape index (κ1) is 13.2. The molecule has 4 heterocycles. The number of hydrogen-bond donors (Lipinski definition) is 1. The zero-order valence-corrected chi connectivity index (χ0v) is 12.6. The van der Waals surface area contributed by atoms with Crippen molar-refractivity contribution in [2.75, 3.05) is 31.1 Å². The van der Waals surface area contributed by atoms with Crippen LogP contribution in [0.5, 0.6) is 0 Å². The van der Waals surface area contributed by atoms with Crippen LogP contribution in [0.4, 0.5) is 5.82 Å². The Balaban J connectivity index is 1.50. The molecule has 3 aromatic rings. The third-order valence-corrected chi connectivity index (χ3v) is 4.66. The van der Waals surface area contributed by atoms with Crippen LogP contribution in [0.2, 0.25) is 0 Å². The van der Waals surface area contributed by atoms with Crippen LogP contribution in [0.15, 0.2) is 30.2 Å². The number of nitrogens with zero attached hydrogens (tertiary/aromatic N) is 5. The fraction of sp³-hybridized carbons (Fsp3) is 0.286. The molecule has 3 aromatic heterocycles. The molecule has 22 heavy (non-hydrogen) atoms. The zero-order chi connectivity index (χ0) is 14.9. The smallest absolute Gasteiger partial charge is 0.264 e. The van der Waals surface area contributed by atoms with Gasteiger partial charge in [0.05, 0.1) is 11.2 Å². The van der Waals surface area contributed by atoms with Crippen molar-refractivity contribution in [1.82, 2.24) is 24.8 Å². The second-order valence-corrected chi connectivity index (χ2v) is 6.00. The molecule has 8 heteroatoms. The van der Waals surface area contributed by atoms with Gasteiger partial charge in [-0.25, -0.2) is 15.0 Å². The van der Waals surface area contributed by atoms with E-state index in [1.807, 2.05) is 22.4 Å². The van der Waals surface area contributed by atoms with E-state index in [-0.39, 0.29) is 5.91 Å². The predicted molar refractivity (Wildman–Crippen MR) is 84.1 cm³/mol. The molecule has 1 aliphatic rings. The first-order valence-corrected chi connectivity index (χ1v) is 7.93. The number of nitrogens with one attached hydrogen (secondary N) is 1. The van der Waals surface area contributed by atoms with Crippen molar-refractivity contribution < 1.29 is 4.79 Å². The fourth-order valence-corrected chi connectivity index (χ4v) is 3.36. The molecule has 0 aliphatic carbocycles. The lowest BCUT2D eigenvalue weighted by atomic mass is 10.3. The van der Waals surface area contributed by atoms with Gasteiger partial charge in [-0.2, -0.15) is 0 Å². The number of thiophene rings is 1. The molecule has 0 unspecified atom stereocenters. The maximum atomic E-state index is 12.4. The highest BCUT2D eigenvalue weighted by molar-refractivity contribution is 7.12. The molecule has 1 aliphatic heterocycles. The highest BCUT2D eigenvalue weighted by Gasteiger charge is 2.24. The van der Waals surface area contributed by atoms with Gasteiger partial charge in [0.15, 0.2) is 11.5 Å². The van der Waals surface area contributed by atoms with Gasteiger partial charge in [0.1, 0.15) is 11.8 Å². The lowest BCUT2D eigenvalue weighted by Gasteiger charge is -2.35. The Morgan fingerprint density at radius 1 is 1.18 bits per heavy atom. The summed E-state index contributed by atoms with van der Waals surface area (Å²) in [5, 5.41) is 1.93. The van der Waals surface area contributed by atoms with Gasteiger partial charge >= 0.3 is 0 Å². The third-order valence-electron chi connectivity index (χ3n) is 3.80. The quantitative estimate of drug-likeness (QED) is 0.773. The van der Waals surface area contributed by atoms with E-state index in [4.69, 9.17) is 0 Å². The average Bonchev–Trinajstić information content (AvgIpc) is 3.25. The maximum absolute atomic E-state index is 12.4. The van der Waals surface area contributed by atoms with Gasteiger partial charge in [-0.1, -0.05) is 6.07 Å². The molecule has 0 bridgehead atoms. The summed E-state index contributed by atoms with van der Waals surface area (Å²) in [7, 11) is 0. The minimum absolute atomic E-state index is 0.115. The van der Waals surface area contributed by atoms with Crippen LogP contribution >= 0.6 is 11.3 Å². The standard InChI is InChI=1S/C14H14N6OS/c21-14(10-2-1-7-22-10)20-5-3-19(4-6-20)13-11-12(16-8-15-11)17-9-18-13/h1-2,7-9H,3-6H2,(H,15,16,17,18). The molecule has 1 amide bonds. The largest absolute Gasteiger partial charge is 0.351 e. The Labute approximate surface area is 130 Å². The van der Waals surface area contributed by atoms with Crippen molar-refractivity contribution in [3.63, 3.8) is 0 Å². The molecule has 1 saturated heterocycles. The van der Waals surface area contributed by atoms with Crippen LogP contribution in [0.3, 0.4) is 0 Å². The second kappa shape index (κ2) is 5.38. The number of H-pyrrole nitrogens is 1. The van der Waals surface area contributed by atoms with Gasteiger partial charge in [0.25, 0.3) is 5.91 Å². The lowest BCUT2D eigenvalue weighted by Crippen LogP contribution is -2.49. The SMILES string of the molecule is O=C(c1cccs1)N1CCN(c2ncnc3nc[nH]c23)CC1. The summed E-state index contributed by atoms with van der Waals surface area (Å²) in [4.78, 5) is 32.9. The van der Waals surface area contributed by atoms with E-state index < -0.39 is 0 Å². The van der Waals surface area contributed by atoms with E-state index in [0.29, 0.717) is 18.7 Å². The van der Waals surface area contributed by atoms with Crippen LogP contribution in [-0.2, 0) is 0 Å². The molecule has 0 spiro atoms. The van der Waals surface area contributed by atoms with E-state index in [2.05, 4.69) is 24.8 Å². The van der Waals surface area contributed by atoms with E-state index in [1.165, 1.54) is 17.7 Å². The van der Waals surface area contributed by atoms with Crippen LogP contribution in [0, 0.1) is 0 Å². The Bertz CT molecular complexity index is 791. The number of piperazine rings is 1. The number of carbonyl (C=O) groups is 1. The topological polar surface area (TPSA) is 78.0 Å². The maximum Gasteiger partial charge on any atom is 0.264 e. The number of anilines is 1. The molecule has 0 saturated carbocycles. The third kappa shape index (κ3) is 2.21. The van der Waals surface area contributed by atoms with Crippen molar-refractivity contribution in [1.29, 1.82) is 0 Å². The predicted octanol–water partition coefficient (Wildman–Crippen LogP) is 1.38. The number of aromatic amines is 1. The van der Waals surface area contributed by atoms with Gasteiger partial charge in [-0.3, -0.25) is 4.79 Å². The number of carbonyl (C=O) groups excluding carboxylic acids is 1. The first-order valence-electron chi connectivity index (χ1n) is 7.05. The molecule has 4 rings (SSSR count). The van der Waals surface area contributed by atoms with Crippen LogP contribution in [-0.4, -0.2) is 56.9 Å². The number of hydrogen-bond acceptors (Lipinski definition) is 6. The van der Waals surface area contributed by atoms with E-state index >= 15 is 0 Å². The summed E-state index contributed by atoms with van der Waals surface area (Å²) in [6.45, 7) is 2.89. The van der Waals surface area contributed by atoms with E-state index in [0.717, 1.165) is 29.3 Å². The highest BCUT2D eigenvalue weighted by atomic mass is 32.1. The Hall–Kier alpha value is -2.48. The molecular formula is C14H14N6OS. The summed E-state index contributed by atoms with van der Waals surface area (Å²) in [6.07, 6.45) is 3.15. The Morgan fingerprint density at radius 3 is 2.82 bits per heavy atom. The van der Waals surface area contributed by atoms with Crippen molar-refractivity contribution >= 4 is 34.2 Å². The van der Waals surface area contributed by atoms with E-state index in [1.54, 1.807) is 6.33 Å². The van der Waals surface area contributed by atoms with Gasteiger partial charge in [0.2, 0.25) is 0 Å². The summed E-state index contributed by atoms with van der Waals surface area (Å²) >= 11 is 1.49. The molecule has 1 fully saturated rings. The van der Waals surface area contributed by atoms with Crippen molar-refractivity contribution in [2.24, 2.45) is 0 Å². The molecule has 0 aromatic carbocycles. The lowest BCUT2D eigenvalue weighted by molar-refractivity contribution is 0.0751. The molecule has 112 valence electrons. The van der Waals surface area contributed by atoms with Crippen LogP contribution in [0.25, 0.3) is 11.2 Å². The molecule has 7 nitrogen and oxygen atoms in total.